The lowest BCUT2D eigenvalue weighted by atomic mass is 9.98. The Kier molecular flexibility index (Phi) is 4.84. The van der Waals surface area contributed by atoms with E-state index < -0.39 is 5.60 Å². The minimum atomic E-state index is -0.617. The number of nitrogens with one attached hydrogen (secondary N) is 1. The fraction of sp³-hybridized carbons (Fsp3) is 0.500. The number of aryl methyl sites for hydroxylation is 1. The van der Waals surface area contributed by atoms with Gasteiger partial charge < -0.3 is 15.0 Å². The maximum atomic E-state index is 12.3. The summed E-state index contributed by atoms with van der Waals surface area (Å²) in [5.74, 6) is 0.176. The molecule has 2 aliphatic rings. The fourth-order valence-corrected chi connectivity index (χ4v) is 3.41. The third-order valence-corrected chi connectivity index (χ3v) is 4.74. The molecule has 1 aromatic carbocycles. The summed E-state index contributed by atoms with van der Waals surface area (Å²) in [6.45, 7) is 8.24. The Morgan fingerprint density at radius 3 is 2.72 bits per heavy atom. The SMILES string of the molecule is Cc1ccc(N2CC[C@@H](CNC(=O)C3=CC(=O)CC(C)(C)O3)C2)cc1. The number of ether oxygens (including phenoxy) is 1. The highest BCUT2D eigenvalue weighted by molar-refractivity contribution is 6.01. The Morgan fingerprint density at radius 1 is 1.32 bits per heavy atom. The van der Waals surface area contributed by atoms with Gasteiger partial charge in [0, 0.05) is 37.8 Å². The molecule has 1 N–H and O–H groups in total. The summed E-state index contributed by atoms with van der Waals surface area (Å²) in [5, 5.41) is 2.92. The van der Waals surface area contributed by atoms with Gasteiger partial charge in [0.1, 0.15) is 5.60 Å². The van der Waals surface area contributed by atoms with Crippen LogP contribution >= 0.6 is 0 Å². The lowest BCUT2D eigenvalue weighted by Gasteiger charge is -2.29. The van der Waals surface area contributed by atoms with E-state index in [2.05, 4.69) is 41.4 Å². The minimum Gasteiger partial charge on any atom is -0.482 e. The molecule has 0 aromatic heterocycles. The zero-order valence-corrected chi connectivity index (χ0v) is 15.2. The molecule has 2 aliphatic heterocycles. The van der Waals surface area contributed by atoms with Crippen LogP contribution in [-0.4, -0.2) is 36.9 Å². The van der Waals surface area contributed by atoms with Crippen molar-refractivity contribution in [3.8, 4) is 0 Å². The Labute approximate surface area is 149 Å². The highest BCUT2D eigenvalue weighted by Crippen LogP contribution is 2.26. The molecule has 5 nitrogen and oxygen atoms in total. The number of hydrogen-bond donors (Lipinski definition) is 1. The maximum absolute atomic E-state index is 12.3. The molecule has 0 aliphatic carbocycles. The van der Waals surface area contributed by atoms with Gasteiger partial charge in [0.05, 0.1) is 0 Å². The summed E-state index contributed by atoms with van der Waals surface area (Å²) >= 11 is 0. The Bertz CT molecular complexity index is 691. The van der Waals surface area contributed by atoms with Gasteiger partial charge in [-0.25, -0.2) is 0 Å². The average Bonchev–Trinajstić information content (AvgIpc) is 3.00. The van der Waals surface area contributed by atoms with Gasteiger partial charge in [-0.2, -0.15) is 0 Å². The molecule has 134 valence electrons. The van der Waals surface area contributed by atoms with Gasteiger partial charge in [-0.1, -0.05) is 17.7 Å². The van der Waals surface area contributed by atoms with Crippen molar-refractivity contribution in [3.05, 3.63) is 41.7 Å². The molecule has 1 atom stereocenters. The minimum absolute atomic E-state index is 0.0622. The number of carbonyl (C=O) groups excluding carboxylic acids is 2. The van der Waals surface area contributed by atoms with Crippen LogP contribution in [0.1, 0.15) is 32.3 Å². The normalized spacial score (nSPS) is 22.4. The zero-order chi connectivity index (χ0) is 18.0. The first-order chi connectivity index (χ1) is 11.8. The number of rotatable bonds is 4. The van der Waals surface area contributed by atoms with Crippen molar-refractivity contribution in [3.63, 3.8) is 0 Å². The van der Waals surface area contributed by atoms with E-state index in [9.17, 15) is 9.59 Å². The molecule has 0 radical (unpaired) electrons. The van der Waals surface area contributed by atoms with Crippen LogP contribution in [0.3, 0.4) is 0 Å². The molecule has 2 heterocycles. The van der Waals surface area contributed by atoms with Crippen LogP contribution in [0.25, 0.3) is 0 Å². The second-order valence-corrected chi connectivity index (χ2v) is 7.66. The van der Waals surface area contributed by atoms with Crippen LogP contribution < -0.4 is 10.2 Å². The van der Waals surface area contributed by atoms with Crippen LogP contribution in [0.2, 0.25) is 0 Å². The standard InChI is InChI=1S/C20H26N2O3/c1-14-4-6-16(7-5-14)22-9-8-15(13-22)12-21-19(24)18-10-17(23)11-20(2,3)25-18/h4-7,10,15H,8-9,11-13H2,1-3H3,(H,21,24)/t15-/m0/s1. The molecular formula is C20H26N2O3. The summed E-state index contributed by atoms with van der Waals surface area (Å²) in [5.41, 5.74) is 1.86. The molecule has 0 unspecified atom stereocenters. The van der Waals surface area contributed by atoms with Gasteiger partial charge in [0.25, 0.3) is 5.91 Å². The predicted octanol–water partition coefficient (Wildman–Crippen LogP) is 2.59. The molecule has 1 amide bonds. The van der Waals surface area contributed by atoms with Crippen LogP contribution in [0.5, 0.6) is 0 Å². The number of benzene rings is 1. The largest absolute Gasteiger partial charge is 0.482 e. The van der Waals surface area contributed by atoms with Crippen molar-refractivity contribution in [1.82, 2.24) is 5.32 Å². The van der Waals surface area contributed by atoms with E-state index in [1.807, 2.05) is 13.8 Å². The van der Waals surface area contributed by atoms with Crippen molar-refractivity contribution in [2.75, 3.05) is 24.5 Å². The van der Waals surface area contributed by atoms with Gasteiger partial charge in [-0.05, 0) is 45.2 Å². The van der Waals surface area contributed by atoms with Crippen molar-refractivity contribution in [2.24, 2.45) is 5.92 Å². The monoisotopic (exact) mass is 342 g/mol. The van der Waals surface area contributed by atoms with E-state index in [0.717, 1.165) is 19.5 Å². The quantitative estimate of drug-likeness (QED) is 0.914. The third-order valence-electron chi connectivity index (χ3n) is 4.74. The van der Waals surface area contributed by atoms with E-state index in [0.29, 0.717) is 18.9 Å². The summed E-state index contributed by atoms with van der Waals surface area (Å²) in [4.78, 5) is 26.4. The first-order valence-electron chi connectivity index (χ1n) is 8.86. The zero-order valence-electron chi connectivity index (χ0n) is 15.2. The van der Waals surface area contributed by atoms with E-state index in [-0.39, 0.29) is 17.4 Å². The van der Waals surface area contributed by atoms with E-state index in [1.165, 1.54) is 17.3 Å². The molecule has 0 bridgehead atoms. The van der Waals surface area contributed by atoms with Crippen molar-refractivity contribution < 1.29 is 14.3 Å². The number of amides is 1. The summed E-state index contributed by atoms with van der Waals surface area (Å²) in [6.07, 6.45) is 2.66. The first-order valence-corrected chi connectivity index (χ1v) is 8.86. The Morgan fingerprint density at radius 2 is 2.04 bits per heavy atom. The molecule has 5 heteroatoms. The topological polar surface area (TPSA) is 58.6 Å². The number of carbonyl (C=O) groups is 2. The number of ketones is 1. The van der Waals surface area contributed by atoms with Gasteiger partial charge in [-0.3, -0.25) is 9.59 Å². The van der Waals surface area contributed by atoms with Gasteiger partial charge in [0.15, 0.2) is 11.5 Å². The lowest BCUT2D eigenvalue weighted by Crippen LogP contribution is -2.38. The summed E-state index contributed by atoms with van der Waals surface area (Å²) in [6, 6.07) is 8.53. The third kappa shape index (κ3) is 4.41. The second-order valence-electron chi connectivity index (χ2n) is 7.66. The molecule has 0 saturated carbocycles. The van der Waals surface area contributed by atoms with Gasteiger partial charge in [0.2, 0.25) is 0 Å². The highest BCUT2D eigenvalue weighted by atomic mass is 16.5. The second kappa shape index (κ2) is 6.90. The van der Waals surface area contributed by atoms with Crippen LogP contribution in [0, 0.1) is 12.8 Å². The van der Waals surface area contributed by atoms with Crippen LogP contribution in [0.15, 0.2) is 36.1 Å². The smallest absolute Gasteiger partial charge is 0.286 e. The molecule has 1 aromatic rings. The van der Waals surface area contributed by atoms with Crippen LogP contribution in [-0.2, 0) is 14.3 Å². The molecule has 25 heavy (non-hydrogen) atoms. The number of hydrogen-bond acceptors (Lipinski definition) is 4. The van der Waals surface area contributed by atoms with E-state index >= 15 is 0 Å². The predicted molar refractivity (Wildman–Crippen MR) is 97.4 cm³/mol. The van der Waals surface area contributed by atoms with Crippen LogP contribution in [0.4, 0.5) is 5.69 Å². The summed E-state index contributed by atoms with van der Waals surface area (Å²) in [7, 11) is 0. The molecule has 0 spiro atoms. The average molecular weight is 342 g/mol. The molecule has 3 rings (SSSR count). The van der Waals surface area contributed by atoms with Gasteiger partial charge >= 0.3 is 0 Å². The Balaban J connectivity index is 1.52. The van der Waals surface area contributed by atoms with Crippen molar-refractivity contribution in [1.29, 1.82) is 0 Å². The number of allylic oxidation sites excluding steroid dienone is 1. The lowest BCUT2D eigenvalue weighted by molar-refractivity contribution is -0.131. The van der Waals surface area contributed by atoms with E-state index in [4.69, 9.17) is 4.74 Å². The molecular weight excluding hydrogens is 316 g/mol. The van der Waals surface area contributed by atoms with Crippen molar-refractivity contribution in [2.45, 2.75) is 39.2 Å². The molecule has 1 saturated heterocycles. The fourth-order valence-electron chi connectivity index (χ4n) is 3.41. The highest BCUT2D eigenvalue weighted by Gasteiger charge is 2.32. The van der Waals surface area contributed by atoms with E-state index in [1.54, 1.807) is 0 Å². The maximum Gasteiger partial charge on any atom is 0.286 e. The summed E-state index contributed by atoms with van der Waals surface area (Å²) < 4.78 is 5.64. The first kappa shape index (κ1) is 17.5. The molecule has 1 fully saturated rings. The van der Waals surface area contributed by atoms with Crippen molar-refractivity contribution >= 4 is 17.4 Å². The Hall–Kier alpha value is -2.30. The van der Waals surface area contributed by atoms with Gasteiger partial charge in [-0.15, -0.1) is 0 Å². The number of anilines is 1. The number of nitrogens with zero attached hydrogens (tertiary/aromatic N) is 1.